The quantitative estimate of drug-likeness (QED) is 0.443. The SMILES string of the molecule is OC(Cc1ncn[nH]1)(c1ccc(C(F)(F)F)cc1)C(F)(F)c1nc2ccccc2s1. The second-order valence-electron chi connectivity index (χ2n) is 6.61. The van der Waals surface area contributed by atoms with Gasteiger partial charge in [-0.3, -0.25) is 5.10 Å². The Balaban J connectivity index is 1.84. The molecule has 0 aliphatic carbocycles. The van der Waals surface area contributed by atoms with Gasteiger partial charge >= 0.3 is 12.1 Å². The van der Waals surface area contributed by atoms with Gasteiger partial charge in [-0.2, -0.15) is 27.1 Å². The number of aliphatic hydroxyl groups is 1. The van der Waals surface area contributed by atoms with Crippen molar-refractivity contribution in [1.82, 2.24) is 20.2 Å². The minimum absolute atomic E-state index is 0.0572. The molecule has 0 aliphatic heterocycles. The number of nitrogens with one attached hydrogen (secondary N) is 1. The fraction of sp³-hybridized carbons (Fsp3) is 0.211. The zero-order valence-electron chi connectivity index (χ0n) is 15.0. The normalized spacial score (nSPS) is 14.7. The number of nitrogens with zero attached hydrogens (tertiary/aromatic N) is 3. The highest BCUT2D eigenvalue weighted by atomic mass is 32.1. The number of H-pyrrole nitrogens is 1. The Bertz CT molecular complexity index is 1120. The number of halogens is 5. The molecule has 156 valence electrons. The number of aromatic amines is 1. The molecule has 1 unspecified atom stereocenters. The molecule has 2 aromatic heterocycles. The summed E-state index contributed by atoms with van der Waals surface area (Å²) in [5.74, 6) is -4.00. The first-order valence-corrected chi connectivity index (χ1v) is 9.41. The van der Waals surface area contributed by atoms with E-state index < -0.39 is 40.3 Å². The van der Waals surface area contributed by atoms with Gasteiger partial charge in [-0.1, -0.05) is 24.3 Å². The minimum Gasteiger partial charge on any atom is -0.378 e. The maximum absolute atomic E-state index is 15.7. The van der Waals surface area contributed by atoms with E-state index in [0.29, 0.717) is 33.7 Å². The smallest absolute Gasteiger partial charge is 0.378 e. The average Bonchev–Trinajstić information content (AvgIpc) is 3.36. The zero-order chi connectivity index (χ0) is 21.6. The van der Waals surface area contributed by atoms with E-state index in [1.807, 2.05) is 0 Å². The van der Waals surface area contributed by atoms with Gasteiger partial charge in [0, 0.05) is 6.42 Å². The Kier molecular flexibility index (Phi) is 4.82. The highest BCUT2D eigenvalue weighted by Gasteiger charge is 2.57. The molecular formula is C19H13F5N4OS. The molecule has 30 heavy (non-hydrogen) atoms. The number of thiazole rings is 1. The van der Waals surface area contributed by atoms with Crippen LogP contribution < -0.4 is 0 Å². The van der Waals surface area contributed by atoms with E-state index in [4.69, 9.17) is 0 Å². The minimum atomic E-state index is -4.64. The Morgan fingerprint density at radius 2 is 1.60 bits per heavy atom. The van der Waals surface area contributed by atoms with Crippen LogP contribution in [0.5, 0.6) is 0 Å². The van der Waals surface area contributed by atoms with Gasteiger partial charge in [0.2, 0.25) is 0 Å². The molecule has 2 aromatic carbocycles. The Morgan fingerprint density at radius 1 is 0.933 bits per heavy atom. The van der Waals surface area contributed by atoms with Crippen LogP contribution in [0.25, 0.3) is 10.2 Å². The monoisotopic (exact) mass is 440 g/mol. The van der Waals surface area contributed by atoms with E-state index in [9.17, 15) is 18.3 Å². The number of hydrogen-bond donors (Lipinski definition) is 2. The molecule has 11 heteroatoms. The highest BCUT2D eigenvalue weighted by Crippen LogP contribution is 2.49. The number of para-hydroxylation sites is 1. The predicted octanol–water partition coefficient (Wildman–Crippen LogP) is 4.66. The molecule has 0 amide bonds. The number of hydrogen-bond acceptors (Lipinski definition) is 5. The summed E-state index contributed by atoms with van der Waals surface area (Å²) in [5, 5.41) is 16.5. The van der Waals surface area contributed by atoms with Crippen LogP contribution in [0, 0.1) is 0 Å². The second-order valence-corrected chi connectivity index (χ2v) is 7.64. The summed E-state index contributed by atoms with van der Waals surface area (Å²) in [6, 6.07) is 9.43. The molecule has 0 saturated heterocycles. The average molecular weight is 440 g/mol. The number of fused-ring (bicyclic) bond motifs is 1. The van der Waals surface area contributed by atoms with Crippen molar-refractivity contribution in [2.45, 2.75) is 24.1 Å². The van der Waals surface area contributed by atoms with E-state index >= 15 is 8.78 Å². The lowest BCUT2D eigenvalue weighted by molar-refractivity contribution is -0.196. The van der Waals surface area contributed by atoms with Crippen LogP contribution in [0.3, 0.4) is 0 Å². The van der Waals surface area contributed by atoms with Crippen LogP contribution in [-0.4, -0.2) is 25.3 Å². The molecule has 4 rings (SSSR count). The van der Waals surface area contributed by atoms with Crippen molar-refractivity contribution in [1.29, 1.82) is 0 Å². The molecule has 0 fully saturated rings. The van der Waals surface area contributed by atoms with Crippen molar-refractivity contribution in [3.63, 3.8) is 0 Å². The zero-order valence-corrected chi connectivity index (χ0v) is 15.8. The lowest BCUT2D eigenvalue weighted by atomic mass is 9.83. The van der Waals surface area contributed by atoms with Crippen LogP contribution in [0.1, 0.15) is 22.0 Å². The van der Waals surface area contributed by atoms with Gasteiger partial charge in [-0.05, 0) is 29.8 Å². The molecule has 4 aromatic rings. The number of rotatable bonds is 5. The summed E-state index contributed by atoms with van der Waals surface area (Å²) in [5.41, 5.74) is -4.02. The summed E-state index contributed by atoms with van der Waals surface area (Å²) in [7, 11) is 0. The third kappa shape index (κ3) is 3.43. The number of alkyl halides is 5. The molecular weight excluding hydrogens is 427 g/mol. The van der Waals surface area contributed by atoms with Crippen LogP contribution in [0.15, 0.2) is 54.9 Å². The van der Waals surface area contributed by atoms with Gasteiger partial charge in [0.15, 0.2) is 10.6 Å². The fourth-order valence-corrected chi connectivity index (χ4v) is 4.09. The summed E-state index contributed by atoms with van der Waals surface area (Å²) in [4.78, 5) is 7.72. The van der Waals surface area contributed by atoms with Gasteiger partial charge in [0.25, 0.3) is 0 Å². The van der Waals surface area contributed by atoms with E-state index in [1.54, 1.807) is 24.3 Å². The van der Waals surface area contributed by atoms with Gasteiger partial charge in [0.1, 0.15) is 12.2 Å². The second kappa shape index (κ2) is 7.10. The van der Waals surface area contributed by atoms with Gasteiger partial charge in [0.05, 0.1) is 15.8 Å². The maximum atomic E-state index is 15.7. The molecule has 0 radical (unpaired) electrons. The molecule has 5 nitrogen and oxygen atoms in total. The first-order chi connectivity index (χ1) is 14.1. The summed E-state index contributed by atoms with van der Waals surface area (Å²) >= 11 is 0.698. The first kappa shape index (κ1) is 20.4. The van der Waals surface area contributed by atoms with Crippen molar-refractivity contribution in [2.24, 2.45) is 0 Å². The predicted molar refractivity (Wildman–Crippen MR) is 98.9 cm³/mol. The summed E-state index contributed by atoms with van der Waals surface area (Å²) in [6.45, 7) is 0. The lowest BCUT2D eigenvalue weighted by Crippen LogP contribution is -2.45. The molecule has 2 N–H and O–H groups in total. The molecule has 0 saturated carbocycles. The Labute approximate surface area is 170 Å². The summed E-state index contributed by atoms with van der Waals surface area (Å²) < 4.78 is 70.5. The molecule has 0 aliphatic rings. The van der Waals surface area contributed by atoms with Crippen molar-refractivity contribution >= 4 is 21.6 Å². The highest BCUT2D eigenvalue weighted by molar-refractivity contribution is 7.18. The number of aromatic nitrogens is 4. The molecule has 2 heterocycles. The largest absolute Gasteiger partial charge is 0.416 e. The van der Waals surface area contributed by atoms with Gasteiger partial charge in [-0.25, -0.2) is 9.97 Å². The van der Waals surface area contributed by atoms with E-state index in [0.717, 1.165) is 18.5 Å². The van der Waals surface area contributed by atoms with Crippen LogP contribution >= 0.6 is 11.3 Å². The Morgan fingerprint density at radius 3 is 2.20 bits per heavy atom. The summed E-state index contributed by atoms with van der Waals surface area (Å²) in [6.07, 6.45) is -4.28. The fourth-order valence-electron chi connectivity index (χ4n) is 3.07. The standard InChI is InChI=1S/C19H13F5N4OS/c20-18(21,16-27-13-3-1-2-4-14(13)30-16)17(29,9-15-25-10-26-28-15)11-5-7-12(8-6-11)19(22,23)24/h1-8,10,29H,9H2,(H,25,26,28). The first-order valence-electron chi connectivity index (χ1n) is 8.59. The molecule has 0 bridgehead atoms. The van der Waals surface area contributed by atoms with Crippen molar-refractivity contribution in [3.8, 4) is 0 Å². The molecule has 1 atom stereocenters. The van der Waals surface area contributed by atoms with Gasteiger partial charge in [-0.15, -0.1) is 11.3 Å². The third-order valence-electron chi connectivity index (χ3n) is 4.66. The van der Waals surface area contributed by atoms with Crippen molar-refractivity contribution in [2.75, 3.05) is 0 Å². The van der Waals surface area contributed by atoms with Crippen LogP contribution in [0.2, 0.25) is 0 Å². The van der Waals surface area contributed by atoms with Crippen molar-refractivity contribution < 1.29 is 27.1 Å². The lowest BCUT2D eigenvalue weighted by Gasteiger charge is -2.34. The number of benzene rings is 2. The van der Waals surface area contributed by atoms with Crippen molar-refractivity contribution in [3.05, 3.63) is 76.8 Å². The van der Waals surface area contributed by atoms with E-state index in [2.05, 4.69) is 20.2 Å². The van der Waals surface area contributed by atoms with Crippen LogP contribution in [0.4, 0.5) is 22.0 Å². The van der Waals surface area contributed by atoms with Crippen LogP contribution in [-0.2, 0) is 24.1 Å². The van der Waals surface area contributed by atoms with E-state index in [-0.39, 0.29) is 5.82 Å². The van der Waals surface area contributed by atoms with Gasteiger partial charge < -0.3 is 5.11 Å². The van der Waals surface area contributed by atoms with E-state index in [1.165, 1.54) is 0 Å². The maximum Gasteiger partial charge on any atom is 0.416 e. The Hall–Kier alpha value is -2.92. The third-order valence-corrected chi connectivity index (χ3v) is 5.77. The topological polar surface area (TPSA) is 74.7 Å². The molecule has 0 spiro atoms.